The molecule has 0 aliphatic heterocycles. The van der Waals surface area contributed by atoms with Gasteiger partial charge in [-0.1, -0.05) is 35.9 Å². The minimum atomic E-state index is -0.466. The fourth-order valence-corrected chi connectivity index (χ4v) is 3.70. The first kappa shape index (κ1) is 23.4. The highest BCUT2D eigenvalue weighted by Crippen LogP contribution is 2.25. The number of nitrogens with one attached hydrogen (secondary N) is 1. The predicted molar refractivity (Wildman–Crippen MR) is 135 cm³/mol. The van der Waals surface area contributed by atoms with Crippen molar-refractivity contribution in [3.8, 4) is 17.6 Å². The molecule has 3 aromatic rings. The Kier molecular flexibility index (Phi) is 8.28. The molecule has 5 nitrogen and oxygen atoms in total. The quantitative estimate of drug-likeness (QED) is 0.213. The van der Waals surface area contributed by atoms with E-state index in [4.69, 9.17) is 9.47 Å². The molecule has 0 aliphatic carbocycles. The summed E-state index contributed by atoms with van der Waals surface area (Å²) in [5, 5.41) is 12.2. The third-order valence-electron chi connectivity index (χ3n) is 4.53. The van der Waals surface area contributed by atoms with Gasteiger partial charge >= 0.3 is 0 Å². The van der Waals surface area contributed by atoms with Gasteiger partial charge in [-0.05, 0) is 90.0 Å². The number of ether oxygens (including phenoxy) is 2. The Labute approximate surface area is 201 Å². The van der Waals surface area contributed by atoms with Crippen LogP contribution < -0.4 is 14.8 Å². The number of amides is 1. The van der Waals surface area contributed by atoms with Crippen LogP contribution in [0.1, 0.15) is 23.6 Å². The number of aryl methyl sites for hydroxylation is 1. The van der Waals surface area contributed by atoms with E-state index in [2.05, 4.69) is 34.0 Å². The van der Waals surface area contributed by atoms with E-state index in [-0.39, 0.29) is 5.57 Å². The minimum Gasteiger partial charge on any atom is -0.494 e. The van der Waals surface area contributed by atoms with Gasteiger partial charge in [-0.25, -0.2) is 0 Å². The van der Waals surface area contributed by atoms with Crippen LogP contribution in [0.5, 0.6) is 11.5 Å². The fraction of sp³-hybridized carbons (Fsp3) is 0.154. The molecule has 32 heavy (non-hydrogen) atoms. The summed E-state index contributed by atoms with van der Waals surface area (Å²) >= 11 is 2.19. The molecular formula is C26H23IN2O3. The predicted octanol–water partition coefficient (Wildman–Crippen LogP) is 6.12. The molecule has 162 valence electrons. The maximum Gasteiger partial charge on any atom is 0.266 e. The summed E-state index contributed by atoms with van der Waals surface area (Å²) in [6.07, 6.45) is 1.57. The third kappa shape index (κ3) is 6.59. The van der Waals surface area contributed by atoms with Crippen molar-refractivity contribution in [1.29, 1.82) is 5.26 Å². The van der Waals surface area contributed by atoms with Gasteiger partial charge in [0.25, 0.3) is 5.91 Å². The van der Waals surface area contributed by atoms with E-state index >= 15 is 0 Å². The van der Waals surface area contributed by atoms with Gasteiger partial charge in [0, 0.05) is 5.69 Å². The monoisotopic (exact) mass is 538 g/mol. The average molecular weight is 538 g/mol. The molecule has 0 unspecified atom stereocenters. The van der Waals surface area contributed by atoms with Crippen LogP contribution in [0, 0.1) is 21.8 Å². The highest BCUT2D eigenvalue weighted by atomic mass is 127. The van der Waals surface area contributed by atoms with Gasteiger partial charge in [-0.2, -0.15) is 5.26 Å². The smallest absolute Gasteiger partial charge is 0.266 e. The molecule has 1 N–H and O–H groups in total. The number of rotatable bonds is 8. The van der Waals surface area contributed by atoms with Gasteiger partial charge in [0.15, 0.2) is 0 Å². The molecule has 3 rings (SSSR count). The number of nitrogens with zero attached hydrogens (tertiary/aromatic N) is 1. The van der Waals surface area contributed by atoms with E-state index in [1.54, 1.807) is 30.3 Å². The first-order valence-corrected chi connectivity index (χ1v) is 11.2. The molecule has 0 aliphatic rings. The lowest BCUT2D eigenvalue weighted by Crippen LogP contribution is -2.13. The highest BCUT2D eigenvalue weighted by Gasteiger charge is 2.11. The van der Waals surface area contributed by atoms with Crippen LogP contribution in [0.2, 0.25) is 0 Å². The lowest BCUT2D eigenvalue weighted by Gasteiger charge is -2.10. The SMILES string of the molecule is CCOc1ccc(NC(=O)/C(C#N)=C\c2ccc(OCc3cccc(C)c3)c(I)c2)cc1. The molecule has 0 saturated carbocycles. The first-order valence-electron chi connectivity index (χ1n) is 10.1. The molecule has 1 amide bonds. The number of carbonyl (C=O) groups excluding carboxylic acids is 1. The van der Waals surface area contributed by atoms with Gasteiger partial charge in [0.1, 0.15) is 29.7 Å². The van der Waals surface area contributed by atoms with E-state index in [9.17, 15) is 10.1 Å². The van der Waals surface area contributed by atoms with Gasteiger partial charge in [0.2, 0.25) is 0 Å². The minimum absolute atomic E-state index is 0.0168. The Morgan fingerprint density at radius 3 is 2.53 bits per heavy atom. The van der Waals surface area contributed by atoms with Gasteiger partial charge < -0.3 is 14.8 Å². The number of hydrogen-bond donors (Lipinski definition) is 1. The molecule has 3 aromatic carbocycles. The van der Waals surface area contributed by atoms with Crippen molar-refractivity contribution in [3.63, 3.8) is 0 Å². The molecule has 0 spiro atoms. The maximum atomic E-state index is 12.5. The first-order chi connectivity index (χ1) is 15.5. The second-order valence-corrected chi connectivity index (χ2v) is 8.21. The second kappa shape index (κ2) is 11.3. The van der Waals surface area contributed by atoms with Crippen LogP contribution in [-0.4, -0.2) is 12.5 Å². The average Bonchev–Trinajstić information content (AvgIpc) is 2.78. The Balaban J connectivity index is 1.67. The van der Waals surface area contributed by atoms with Crippen molar-refractivity contribution in [2.45, 2.75) is 20.5 Å². The van der Waals surface area contributed by atoms with Crippen molar-refractivity contribution >= 4 is 40.3 Å². The van der Waals surface area contributed by atoms with Crippen LogP contribution in [0.3, 0.4) is 0 Å². The molecule has 0 heterocycles. The van der Waals surface area contributed by atoms with Crippen LogP contribution in [-0.2, 0) is 11.4 Å². The van der Waals surface area contributed by atoms with Gasteiger partial charge in [0.05, 0.1) is 10.2 Å². The maximum absolute atomic E-state index is 12.5. The molecule has 0 saturated heterocycles. The lowest BCUT2D eigenvalue weighted by atomic mass is 10.1. The van der Waals surface area contributed by atoms with Gasteiger partial charge in [-0.15, -0.1) is 0 Å². The van der Waals surface area contributed by atoms with Crippen molar-refractivity contribution in [2.24, 2.45) is 0 Å². The molecule has 0 atom stereocenters. The second-order valence-electron chi connectivity index (χ2n) is 7.05. The molecular weight excluding hydrogens is 515 g/mol. The summed E-state index contributed by atoms with van der Waals surface area (Å²) in [5.74, 6) is 1.01. The highest BCUT2D eigenvalue weighted by molar-refractivity contribution is 14.1. The number of carbonyl (C=O) groups is 1. The van der Waals surface area contributed by atoms with E-state index in [1.807, 2.05) is 56.3 Å². The standard InChI is InChI=1S/C26H23IN2O3/c1-3-31-23-10-8-22(9-11-23)29-26(30)21(16-28)14-19-7-12-25(24(27)15-19)32-17-20-6-4-5-18(2)13-20/h4-15H,3,17H2,1-2H3,(H,29,30)/b21-14-. The molecule has 0 radical (unpaired) electrons. The summed E-state index contributed by atoms with van der Waals surface area (Å²) < 4.78 is 12.2. The third-order valence-corrected chi connectivity index (χ3v) is 5.38. The van der Waals surface area contributed by atoms with Crippen molar-refractivity contribution in [2.75, 3.05) is 11.9 Å². The zero-order chi connectivity index (χ0) is 22.9. The van der Waals surface area contributed by atoms with Crippen LogP contribution >= 0.6 is 22.6 Å². The van der Waals surface area contributed by atoms with Crippen molar-refractivity contribution in [1.82, 2.24) is 0 Å². The van der Waals surface area contributed by atoms with Crippen LogP contribution in [0.15, 0.2) is 72.3 Å². The summed E-state index contributed by atoms with van der Waals surface area (Å²) in [6, 6.07) is 22.7. The fourth-order valence-electron chi connectivity index (χ4n) is 3.00. The Bertz CT molecular complexity index is 1160. The summed E-state index contributed by atoms with van der Waals surface area (Å²) in [5.41, 5.74) is 3.64. The zero-order valence-corrected chi connectivity index (χ0v) is 20.0. The number of nitriles is 1. The van der Waals surface area contributed by atoms with Crippen LogP contribution in [0.4, 0.5) is 5.69 Å². The molecule has 0 aromatic heterocycles. The summed E-state index contributed by atoms with van der Waals surface area (Å²) in [4.78, 5) is 12.5. The number of benzene rings is 3. The van der Waals surface area contributed by atoms with E-state index in [0.717, 1.165) is 26.2 Å². The Hall–Kier alpha value is -3.31. The topological polar surface area (TPSA) is 71.3 Å². The Morgan fingerprint density at radius 2 is 1.88 bits per heavy atom. The van der Waals surface area contributed by atoms with E-state index in [1.165, 1.54) is 5.56 Å². The Morgan fingerprint density at radius 1 is 1.09 bits per heavy atom. The summed E-state index contributed by atoms with van der Waals surface area (Å²) in [7, 11) is 0. The van der Waals surface area contributed by atoms with E-state index in [0.29, 0.717) is 18.9 Å². The van der Waals surface area contributed by atoms with Crippen LogP contribution in [0.25, 0.3) is 6.08 Å². The van der Waals surface area contributed by atoms with Gasteiger partial charge in [-0.3, -0.25) is 4.79 Å². The van der Waals surface area contributed by atoms with Crippen molar-refractivity contribution < 1.29 is 14.3 Å². The number of halogens is 1. The summed E-state index contributed by atoms with van der Waals surface area (Å²) in [6.45, 7) is 5.00. The van der Waals surface area contributed by atoms with E-state index < -0.39 is 5.91 Å². The molecule has 0 bridgehead atoms. The molecule has 6 heteroatoms. The number of anilines is 1. The lowest BCUT2D eigenvalue weighted by molar-refractivity contribution is -0.112. The number of hydrogen-bond acceptors (Lipinski definition) is 4. The normalized spacial score (nSPS) is 10.9. The molecule has 0 fully saturated rings. The largest absolute Gasteiger partial charge is 0.494 e. The van der Waals surface area contributed by atoms with Crippen molar-refractivity contribution in [3.05, 3.63) is 92.6 Å². The zero-order valence-electron chi connectivity index (χ0n) is 17.9.